The van der Waals surface area contributed by atoms with Crippen molar-refractivity contribution in [3.63, 3.8) is 0 Å². The highest BCUT2D eigenvalue weighted by Gasteiger charge is 2.20. The second kappa shape index (κ2) is 6.81. The Morgan fingerprint density at radius 3 is 2.54 bits per heavy atom. The molecule has 0 aliphatic rings. The van der Waals surface area contributed by atoms with Crippen molar-refractivity contribution in [2.75, 3.05) is 0 Å². The van der Waals surface area contributed by atoms with Gasteiger partial charge in [0.2, 0.25) is 0 Å². The van der Waals surface area contributed by atoms with E-state index in [0.29, 0.717) is 16.7 Å². The third-order valence-electron chi connectivity index (χ3n) is 4.22. The lowest BCUT2D eigenvalue weighted by atomic mass is 9.89. The van der Waals surface area contributed by atoms with E-state index in [1.807, 2.05) is 19.9 Å². The van der Waals surface area contributed by atoms with Gasteiger partial charge in [0.15, 0.2) is 0 Å². The van der Waals surface area contributed by atoms with Crippen molar-refractivity contribution in [3.05, 3.63) is 57.9 Å². The lowest BCUT2D eigenvalue weighted by Gasteiger charge is -2.17. The number of nitrogens with zero attached hydrogens (tertiary/aromatic N) is 1. The van der Waals surface area contributed by atoms with E-state index in [1.165, 1.54) is 0 Å². The predicted octanol–water partition coefficient (Wildman–Crippen LogP) is 3.76. The van der Waals surface area contributed by atoms with Gasteiger partial charge < -0.3 is 10.8 Å². The van der Waals surface area contributed by atoms with Crippen LogP contribution in [0.5, 0.6) is 0 Å². The van der Waals surface area contributed by atoms with Gasteiger partial charge in [0.05, 0.1) is 18.1 Å². The van der Waals surface area contributed by atoms with Crippen LogP contribution in [0.2, 0.25) is 0 Å². The fourth-order valence-electron chi connectivity index (χ4n) is 2.79. The number of rotatable bonds is 4. The molecular formula is C19H19FN2O2. The molecule has 2 aromatic rings. The van der Waals surface area contributed by atoms with Crippen LogP contribution in [-0.4, -0.2) is 11.1 Å². The minimum Gasteiger partial charge on any atom is -0.481 e. The first-order valence-corrected chi connectivity index (χ1v) is 7.54. The van der Waals surface area contributed by atoms with Gasteiger partial charge in [-0.15, -0.1) is 0 Å². The van der Waals surface area contributed by atoms with Crippen LogP contribution < -0.4 is 5.73 Å². The summed E-state index contributed by atoms with van der Waals surface area (Å²) in [5, 5.41) is 18.3. The molecule has 1 atom stereocenters. The molecule has 124 valence electrons. The van der Waals surface area contributed by atoms with Crippen LogP contribution in [0, 0.1) is 37.9 Å². The topological polar surface area (TPSA) is 87.1 Å². The first kappa shape index (κ1) is 17.6. The Balaban J connectivity index is 2.70. The molecule has 0 saturated carbocycles. The van der Waals surface area contributed by atoms with Crippen LogP contribution in [0.1, 0.15) is 40.3 Å². The molecule has 0 fully saturated rings. The molecule has 2 rings (SSSR count). The number of nitriles is 1. The minimum absolute atomic E-state index is 0.150. The summed E-state index contributed by atoms with van der Waals surface area (Å²) >= 11 is 0. The van der Waals surface area contributed by atoms with Gasteiger partial charge in [-0.25, -0.2) is 4.39 Å². The van der Waals surface area contributed by atoms with Crippen LogP contribution >= 0.6 is 0 Å². The number of carboxylic acids is 1. The highest BCUT2D eigenvalue weighted by Crippen LogP contribution is 2.33. The summed E-state index contributed by atoms with van der Waals surface area (Å²) in [4.78, 5) is 10.9. The van der Waals surface area contributed by atoms with E-state index in [1.54, 1.807) is 25.1 Å². The SMILES string of the molecule is Cc1ccc(C#N)c(-c2cc(C)c(F)c(C(N)CC(=O)O)c2)c1C. The highest BCUT2D eigenvalue weighted by molar-refractivity contribution is 5.76. The van der Waals surface area contributed by atoms with Crippen LogP contribution in [-0.2, 0) is 4.79 Å². The summed E-state index contributed by atoms with van der Waals surface area (Å²) in [7, 11) is 0. The zero-order valence-corrected chi connectivity index (χ0v) is 13.9. The number of aryl methyl sites for hydroxylation is 2. The van der Waals surface area contributed by atoms with E-state index < -0.39 is 17.8 Å². The van der Waals surface area contributed by atoms with Crippen LogP contribution in [0.25, 0.3) is 11.1 Å². The molecule has 0 saturated heterocycles. The molecule has 2 aromatic carbocycles. The average molecular weight is 326 g/mol. The maximum absolute atomic E-state index is 14.4. The molecule has 0 aliphatic carbocycles. The summed E-state index contributed by atoms with van der Waals surface area (Å²) in [6.07, 6.45) is -0.363. The molecule has 3 N–H and O–H groups in total. The monoisotopic (exact) mass is 326 g/mol. The number of nitrogens with two attached hydrogens (primary N) is 1. The number of hydrogen-bond donors (Lipinski definition) is 2. The van der Waals surface area contributed by atoms with E-state index >= 15 is 0 Å². The van der Waals surface area contributed by atoms with Crippen molar-refractivity contribution in [1.82, 2.24) is 0 Å². The van der Waals surface area contributed by atoms with Crippen molar-refractivity contribution < 1.29 is 14.3 Å². The van der Waals surface area contributed by atoms with Crippen molar-refractivity contribution in [1.29, 1.82) is 5.26 Å². The third kappa shape index (κ3) is 3.29. The quantitative estimate of drug-likeness (QED) is 0.895. The van der Waals surface area contributed by atoms with Gasteiger partial charge in [0.1, 0.15) is 5.82 Å². The third-order valence-corrected chi connectivity index (χ3v) is 4.22. The maximum atomic E-state index is 14.4. The van der Waals surface area contributed by atoms with E-state index in [-0.39, 0.29) is 12.0 Å². The Kier molecular flexibility index (Phi) is 5.01. The number of carboxylic acid groups (broad SMARTS) is 1. The molecule has 0 radical (unpaired) electrons. The summed E-state index contributed by atoms with van der Waals surface area (Å²) in [5.41, 5.74) is 10.2. The van der Waals surface area contributed by atoms with Gasteiger partial charge in [-0.1, -0.05) is 6.07 Å². The molecule has 0 spiro atoms. The number of hydrogen-bond acceptors (Lipinski definition) is 3. The molecular weight excluding hydrogens is 307 g/mol. The number of carbonyl (C=O) groups is 1. The molecule has 0 aromatic heterocycles. The maximum Gasteiger partial charge on any atom is 0.305 e. The Hall–Kier alpha value is -2.71. The summed E-state index contributed by atoms with van der Waals surface area (Å²) in [5.74, 6) is -1.59. The summed E-state index contributed by atoms with van der Waals surface area (Å²) in [6, 6.07) is 8.02. The second-order valence-corrected chi connectivity index (χ2v) is 5.94. The van der Waals surface area contributed by atoms with Crippen LogP contribution in [0.15, 0.2) is 24.3 Å². The molecule has 0 heterocycles. The normalized spacial score (nSPS) is 11.8. The van der Waals surface area contributed by atoms with Gasteiger partial charge in [-0.05, 0) is 61.2 Å². The fourth-order valence-corrected chi connectivity index (χ4v) is 2.79. The van der Waals surface area contributed by atoms with Crippen molar-refractivity contribution in [2.24, 2.45) is 5.73 Å². The summed E-state index contributed by atoms with van der Waals surface area (Å²) in [6.45, 7) is 5.45. The largest absolute Gasteiger partial charge is 0.481 e. The minimum atomic E-state index is -1.09. The van der Waals surface area contributed by atoms with E-state index in [2.05, 4.69) is 6.07 Å². The lowest BCUT2D eigenvalue weighted by Crippen LogP contribution is -2.17. The van der Waals surface area contributed by atoms with E-state index in [9.17, 15) is 14.4 Å². The number of aliphatic carboxylic acids is 1. The first-order chi connectivity index (χ1) is 11.3. The Morgan fingerprint density at radius 2 is 1.96 bits per heavy atom. The Labute approximate surface area is 140 Å². The first-order valence-electron chi connectivity index (χ1n) is 7.54. The van der Waals surface area contributed by atoms with Gasteiger partial charge in [-0.2, -0.15) is 5.26 Å². The average Bonchev–Trinajstić information content (AvgIpc) is 2.51. The van der Waals surface area contributed by atoms with Crippen molar-refractivity contribution in [2.45, 2.75) is 33.2 Å². The lowest BCUT2D eigenvalue weighted by molar-refractivity contribution is -0.137. The van der Waals surface area contributed by atoms with Crippen molar-refractivity contribution >= 4 is 5.97 Å². The standard InChI is InChI=1S/C19H19FN2O2/c1-10-4-5-13(9-21)18(12(10)3)14-6-11(2)19(20)15(7-14)16(22)8-17(23)24/h4-7,16H,8,22H2,1-3H3,(H,23,24). The van der Waals surface area contributed by atoms with Gasteiger partial charge in [-0.3, -0.25) is 4.79 Å². The van der Waals surface area contributed by atoms with Gasteiger partial charge >= 0.3 is 5.97 Å². The Bertz CT molecular complexity index is 853. The molecule has 0 aliphatic heterocycles. The van der Waals surface area contributed by atoms with Crippen LogP contribution in [0.3, 0.4) is 0 Å². The predicted molar refractivity (Wildman–Crippen MR) is 89.9 cm³/mol. The Morgan fingerprint density at radius 1 is 1.29 bits per heavy atom. The highest BCUT2D eigenvalue weighted by atomic mass is 19.1. The number of benzene rings is 2. The molecule has 4 nitrogen and oxygen atoms in total. The zero-order valence-electron chi connectivity index (χ0n) is 13.9. The van der Waals surface area contributed by atoms with E-state index in [0.717, 1.165) is 16.7 Å². The molecule has 24 heavy (non-hydrogen) atoms. The zero-order chi connectivity index (χ0) is 18.0. The van der Waals surface area contributed by atoms with Gasteiger partial charge in [0, 0.05) is 17.2 Å². The van der Waals surface area contributed by atoms with Gasteiger partial charge in [0.25, 0.3) is 0 Å². The molecule has 5 heteroatoms. The summed E-state index contributed by atoms with van der Waals surface area (Å²) < 4.78 is 14.4. The number of halogens is 1. The van der Waals surface area contributed by atoms with Crippen LogP contribution in [0.4, 0.5) is 4.39 Å². The van der Waals surface area contributed by atoms with Crippen molar-refractivity contribution in [3.8, 4) is 17.2 Å². The molecule has 0 bridgehead atoms. The smallest absolute Gasteiger partial charge is 0.305 e. The molecule has 1 unspecified atom stereocenters. The van der Waals surface area contributed by atoms with E-state index in [4.69, 9.17) is 10.8 Å². The second-order valence-electron chi connectivity index (χ2n) is 5.94. The molecule has 0 amide bonds. The fraction of sp³-hybridized carbons (Fsp3) is 0.263.